The first-order valence-electron chi connectivity index (χ1n) is 14.0. The van der Waals surface area contributed by atoms with Crippen LogP contribution in [0.1, 0.15) is 31.7 Å². The zero-order valence-corrected chi connectivity index (χ0v) is 23.3. The fourth-order valence-electron chi connectivity index (χ4n) is 5.83. The summed E-state index contributed by atoms with van der Waals surface area (Å²) in [6.07, 6.45) is 5.04. The van der Waals surface area contributed by atoms with Crippen LogP contribution in [0.5, 0.6) is 0 Å². The number of amides is 2. The molecule has 1 N–H and O–H groups in total. The predicted octanol–water partition coefficient (Wildman–Crippen LogP) is 3.46. The minimum Gasteiger partial charge on any atom is -0.453 e. The summed E-state index contributed by atoms with van der Waals surface area (Å²) in [5, 5.41) is 8.41. The van der Waals surface area contributed by atoms with Crippen molar-refractivity contribution in [2.24, 2.45) is 0 Å². The van der Waals surface area contributed by atoms with E-state index in [9.17, 15) is 9.59 Å². The number of aromatic nitrogens is 4. The molecule has 2 aromatic heterocycles. The van der Waals surface area contributed by atoms with Gasteiger partial charge in [-0.15, -0.1) is 0 Å². The van der Waals surface area contributed by atoms with Crippen molar-refractivity contribution >= 4 is 34.7 Å². The first kappa shape index (κ1) is 27.2. The van der Waals surface area contributed by atoms with Gasteiger partial charge in [0.2, 0.25) is 0 Å². The SMILES string of the molecule is COCCOC(=O)Nc1ccc(-c2nc(N3CC4CCC(C3)O4)c3cnn(C4CCN(C(=O)OC)CC4)c3n2)cc1. The van der Waals surface area contributed by atoms with Crippen molar-refractivity contribution in [3.8, 4) is 11.4 Å². The zero-order chi connectivity index (χ0) is 28.3. The number of piperidine rings is 1. The van der Waals surface area contributed by atoms with Gasteiger partial charge in [-0.2, -0.15) is 5.10 Å². The van der Waals surface area contributed by atoms with Crippen molar-refractivity contribution < 1.29 is 28.5 Å². The molecule has 0 spiro atoms. The van der Waals surface area contributed by atoms with Gasteiger partial charge in [-0.1, -0.05) is 0 Å². The molecule has 3 saturated heterocycles. The topological polar surface area (TPSA) is 133 Å². The summed E-state index contributed by atoms with van der Waals surface area (Å²) >= 11 is 0. The molecule has 13 heteroatoms. The largest absolute Gasteiger partial charge is 0.453 e. The predicted molar refractivity (Wildman–Crippen MR) is 150 cm³/mol. The molecule has 41 heavy (non-hydrogen) atoms. The van der Waals surface area contributed by atoms with Crippen LogP contribution < -0.4 is 10.2 Å². The van der Waals surface area contributed by atoms with E-state index in [4.69, 9.17) is 34.0 Å². The number of benzene rings is 1. The number of hydrogen-bond donors (Lipinski definition) is 1. The number of nitrogens with zero attached hydrogens (tertiary/aromatic N) is 6. The average molecular weight is 566 g/mol. The minimum atomic E-state index is -0.543. The Morgan fingerprint density at radius 1 is 1.00 bits per heavy atom. The number of nitrogens with one attached hydrogen (secondary N) is 1. The molecule has 3 fully saturated rings. The van der Waals surface area contributed by atoms with E-state index in [1.165, 1.54) is 7.11 Å². The van der Waals surface area contributed by atoms with Crippen LogP contribution in [-0.4, -0.2) is 103 Å². The number of morpholine rings is 1. The Kier molecular flexibility index (Phi) is 7.88. The number of methoxy groups -OCH3 is 2. The summed E-state index contributed by atoms with van der Waals surface area (Å²) in [6.45, 7) is 3.25. The van der Waals surface area contributed by atoms with Gasteiger partial charge in [0.15, 0.2) is 11.5 Å². The van der Waals surface area contributed by atoms with Crippen molar-refractivity contribution in [3.63, 3.8) is 0 Å². The number of carbonyl (C=O) groups is 2. The lowest BCUT2D eigenvalue weighted by Crippen LogP contribution is -2.43. The summed E-state index contributed by atoms with van der Waals surface area (Å²) in [5.74, 6) is 1.43. The van der Waals surface area contributed by atoms with Crippen molar-refractivity contribution in [3.05, 3.63) is 30.5 Å². The molecule has 3 aliphatic rings. The van der Waals surface area contributed by atoms with Crippen molar-refractivity contribution in [2.45, 2.75) is 43.9 Å². The van der Waals surface area contributed by atoms with Crippen LogP contribution in [0.2, 0.25) is 0 Å². The Balaban J connectivity index is 1.30. The molecule has 13 nitrogen and oxygen atoms in total. The molecule has 218 valence electrons. The van der Waals surface area contributed by atoms with Crippen LogP contribution in [0.3, 0.4) is 0 Å². The molecule has 6 rings (SSSR count). The molecule has 0 aliphatic carbocycles. The zero-order valence-electron chi connectivity index (χ0n) is 23.3. The maximum absolute atomic E-state index is 12.0. The van der Waals surface area contributed by atoms with Crippen LogP contribution in [0, 0.1) is 0 Å². The summed E-state index contributed by atoms with van der Waals surface area (Å²) < 4.78 is 23.0. The molecule has 5 heterocycles. The molecule has 2 atom stereocenters. The number of fused-ring (bicyclic) bond motifs is 3. The molecule has 3 aliphatic heterocycles. The number of likely N-dealkylation sites (tertiary alicyclic amines) is 1. The highest BCUT2D eigenvalue weighted by Crippen LogP contribution is 2.35. The van der Waals surface area contributed by atoms with Crippen LogP contribution in [0.4, 0.5) is 21.1 Å². The summed E-state index contributed by atoms with van der Waals surface area (Å²) in [4.78, 5) is 38.1. The summed E-state index contributed by atoms with van der Waals surface area (Å²) in [5.41, 5.74) is 2.19. The maximum Gasteiger partial charge on any atom is 0.411 e. The van der Waals surface area contributed by atoms with Gasteiger partial charge in [0, 0.05) is 44.5 Å². The third-order valence-corrected chi connectivity index (χ3v) is 7.93. The number of ether oxygens (including phenoxy) is 4. The van der Waals surface area contributed by atoms with Crippen LogP contribution >= 0.6 is 0 Å². The molecule has 2 amide bonds. The Labute approximate surface area is 237 Å². The van der Waals surface area contributed by atoms with E-state index < -0.39 is 6.09 Å². The second kappa shape index (κ2) is 11.9. The van der Waals surface area contributed by atoms with Gasteiger partial charge in [-0.05, 0) is 49.9 Å². The van der Waals surface area contributed by atoms with Gasteiger partial charge in [0.25, 0.3) is 0 Å². The molecule has 3 aromatic rings. The molecule has 1 aromatic carbocycles. The van der Waals surface area contributed by atoms with E-state index in [0.29, 0.717) is 31.2 Å². The lowest BCUT2D eigenvalue weighted by Gasteiger charge is -2.33. The van der Waals surface area contributed by atoms with E-state index in [0.717, 1.165) is 61.2 Å². The minimum absolute atomic E-state index is 0.0978. The average Bonchev–Trinajstić information content (AvgIpc) is 3.58. The Morgan fingerprint density at radius 2 is 1.73 bits per heavy atom. The highest BCUT2D eigenvalue weighted by Gasteiger charge is 2.36. The van der Waals surface area contributed by atoms with Crippen molar-refractivity contribution in [1.82, 2.24) is 24.6 Å². The molecule has 0 saturated carbocycles. The Morgan fingerprint density at radius 3 is 2.41 bits per heavy atom. The smallest absolute Gasteiger partial charge is 0.411 e. The monoisotopic (exact) mass is 565 g/mol. The van der Waals surface area contributed by atoms with Gasteiger partial charge in [-0.3, -0.25) is 5.32 Å². The fourth-order valence-corrected chi connectivity index (χ4v) is 5.83. The molecule has 2 bridgehead atoms. The molecule has 2 unspecified atom stereocenters. The van der Waals surface area contributed by atoms with Crippen LogP contribution in [-0.2, 0) is 18.9 Å². The highest BCUT2D eigenvalue weighted by atomic mass is 16.6. The van der Waals surface area contributed by atoms with Crippen LogP contribution in [0.25, 0.3) is 22.4 Å². The number of carbonyl (C=O) groups excluding carboxylic acids is 2. The van der Waals surface area contributed by atoms with E-state index in [1.54, 1.807) is 24.1 Å². The Hall–Kier alpha value is -3.97. The number of anilines is 2. The second-order valence-corrected chi connectivity index (χ2v) is 10.6. The fraction of sp³-hybridized carbons (Fsp3) is 0.536. The van der Waals surface area contributed by atoms with E-state index in [2.05, 4.69) is 10.2 Å². The lowest BCUT2D eigenvalue weighted by molar-refractivity contribution is 0.0303. The number of hydrogen-bond acceptors (Lipinski definition) is 10. The van der Waals surface area contributed by atoms with Gasteiger partial charge in [-0.25, -0.2) is 24.2 Å². The van der Waals surface area contributed by atoms with Gasteiger partial charge in [0.1, 0.15) is 12.4 Å². The van der Waals surface area contributed by atoms with E-state index in [1.807, 2.05) is 23.0 Å². The van der Waals surface area contributed by atoms with Gasteiger partial charge < -0.3 is 28.7 Å². The third kappa shape index (κ3) is 5.77. The van der Waals surface area contributed by atoms with Crippen molar-refractivity contribution in [1.29, 1.82) is 0 Å². The first-order valence-corrected chi connectivity index (χ1v) is 14.0. The lowest BCUT2D eigenvalue weighted by atomic mass is 10.1. The quantitative estimate of drug-likeness (QED) is 0.425. The van der Waals surface area contributed by atoms with Crippen molar-refractivity contribution in [2.75, 3.05) is 63.8 Å². The summed E-state index contributed by atoms with van der Waals surface area (Å²) in [7, 11) is 2.96. The highest BCUT2D eigenvalue weighted by molar-refractivity contribution is 5.89. The van der Waals surface area contributed by atoms with E-state index in [-0.39, 0.29) is 30.9 Å². The summed E-state index contributed by atoms with van der Waals surface area (Å²) in [6, 6.07) is 7.47. The number of rotatable bonds is 7. The first-order chi connectivity index (χ1) is 20.0. The second-order valence-electron chi connectivity index (χ2n) is 10.6. The van der Waals surface area contributed by atoms with E-state index >= 15 is 0 Å². The maximum atomic E-state index is 12.0. The van der Waals surface area contributed by atoms with Crippen LogP contribution in [0.15, 0.2) is 30.5 Å². The standard InChI is InChI=1S/C28H35N7O6/c1-38-13-14-40-27(36)30-19-5-3-18(4-6-19)24-31-25(34-16-21-7-8-22(17-34)41-21)23-15-29-35(26(23)32-24)20-9-11-33(12-10-20)28(37)39-2/h3-6,15,20-22H,7-14,16-17H2,1-2H3,(H,30,36). The molecule has 0 radical (unpaired) electrons. The Bertz CT molecular complexity index is 1380. The van der Waals surface area contributed by atoms with Gasteiger partial charge in [0.05, 0.1) is 43.5 Å². The normalized spacial score (nSPS) is 20.8. The third-order valence-electron chi connectivity index (χ3n) is 7.93. The molecular formula is C28H35N7O6. The van der Waals surface area contributed by atoms with Gasteiger partial charge >= 0.3 is 12.2 Å². The molecular weight excluding hydrogens is 530 g/mol.